The molecule has 1 aliphatic carbocycles. The van der Waals surface area contributed by atoms with Gasteiger partial charge in [0, 0.05) is 12.2 Å². The van der Waals surface area contributed by atoms with E-state index in [1.54, 1.807) is 6.07 Å². The molecule has 1 fully saturated rings. The van der Waals surface area contributed by atoms with Crippen LogP contribution in [0.15, 0.2) is 18.2 Å². The maximum Gasteiger partial charge on any atom is 0.128 e. The zero-order chi connectivity index (χ0) is 14.5. The fourth-order valence-corrected chi connectivity index (χ4v) is 2.73. The second-order valence-corrected chi connectivity index (χ2v) is 5.71. The van der Waals surface area contributed by atoms with E-state index in [0.29, 0.717) is 12.5 Å². The predicted octanol–water partition coefficient (Wildman–Crippen LogP) is 3.99. The molecule has 2 nitrogen and oxygen atoms in total. The Balaban J connectivity index is 2.26. The zero-order valence-electron chi connectivity index (χ0n) is 12.8. The number of ether oxygens (including phenoxy) is 1. The Bertz CT molecular complexity index is 431. The zero-order valence-corrected chi connectivity index (χ0v) is 12.8. The highest BCUT2D eigenvalue weighted by Crippen LogP contribution is 2.40. The Morgan fingerprint density at radius 3 is 2.70 bits per heavy atom. The van der Waals surface area contributed by atoms with Crippen LogP contribution in [0.3, 0.4) is 0 Å². The minimum Gasteiger partial charge on any atom is -0.376 e. The maximum absolute atomic E-state index is 14.2. The van der Waals surface area contributed by atoms with Crippen LogP contribution in [0, 0.1) is 18.7 Å². The van der Waals surface area contributed by atoms with Crippen molar-refractivity contribution in [3.63, 3.8) is 0 Å². The summed E-state index contributed by atoms with van der Waals surface area (Å²) < 4.78 is 20.2. The Labute approximate surface area is 121 Å². The number of benzene rings is 1. The molecule has 0 heterocycles. The lowest BCUT2D eigenvalue weighted by atomic mass is 9.95. The summed E-state index contributed by atoms with van der Waals surface area (Å²) in [5, 5.41) is 3.50. The molecule has 1 aromatic rings. The first-order chi connectivity index (χ1) is 9.67. The molecule has 0 aromatic heterocycles. The van der Waals surface area contributed by atoms with Gasteiger partial charge in [-0.3, -0.25) is 0 Å². The molecule has 0 aliphatic heterocycles. The van der Waals surface area contributed by atoms with Gasteiger partial charge in [-0.15, -0.1) is 0 Å². The van der Waals surface area contributed by atoms with Crippen LogP contribution in [0.25, 0.3) is 0 Å². The SMILES string of the molecule is CCCNC(c1cc(C)ccc1F)C(OCC)C1CC1. The normalized spacial score (nSPS) is 18.0. The van der Waals surface area contributed by atoms with E-state index >= 15 is 0 Å². The minimum absolute atomic E-state index is 0.0395. The first kappa shape index (κ1) is 15.5. The first-order valence-electron chi connectivity index (χ1n) is 7.78. The topological polar surface area (TPSA) is 21.3 Å². The molecule has 20 heavy (non-hydrogen) atoms. The van der Waals surface area contributed by atoms with Crippen LogP contribution in [-0.2, 0) is 4.74 Å². The average molecular weight is 279 g/mol. The van der Waals surface area contributed by atoms with Gasteiger partial charge in [-0.25, -0.2) is 4.39 Å². The summed E-state index contributed by atoms with van der Waals surface area (Å²) in [6.07, 6.45) is 3.51. The summed E-state index contributed by atoms with van der Waals surface area (Å²) in [5.74, 6) is 0.443. The van der Waals surface area contributed by atoms with Crippen LogP contribution < -0.4 is 5.32 Å². The molecule has 2 rings (SSSR count). The number of hydrogen-bond donors (Lipinski definition) is 1. The molecule has 0 bridgehead atoms. The van der Waals surface area contributed by atoms with Crippen LogP contribution in [0.2, 0.25) is 0 Å². The van der Waals surface area contributed by atoms with Crippen molar-refractivity contribution in [2.45, 2.75) is 52.2 Å². The Morgan fingerprint density at radius 1 is 1.35 bits per heavy atom. The molecule has 1 N–H and O–H groups in total. The summed E-state index contributed by atoms with van der Waals surface area (Å²) in [6, 6.07) is 5.31. The summed E-state index contributed by atoms with van der Waals surface area (Å²) in [4.78, 5) is 0. The van der Waals surface area contributed by atoms with Crippen LogP contribution >= 0.6 is 0 Å². The summed E-state index contributed by atoms with van der Waals surface area (Å²) in [7, 11) is 0. The van der Waals surface area contributed by atoms with Crippen LogP contribution in [0.5, 0.6) is 0 Å². The second kappa shape index (κ2) is 7.19. The van der Waals surface area contributed by atoms with E-state index < -0.39 is 0 Å². The largest absolute Gasteiger partial charge is 0.376 e. The summed E-state index contributed by atoms with van der Waals surface area (Å²) in [6.45, 7) is 7.71. The van der Waals surface area contributed by atoms with E-state index in [1.165, 1.54) is 12.8 Å². The average Bonchev–Trinajstić information content (AvgIpc) is 3.26. The minimum atomic E-state index is -0.130. The number of rotatable bonds is 8. The lowest BCUT2D eigenvalue weighted by molar-refractivity contribution is 0.0177. The van der Waals surface area contributed by atoms with Crippen molar-refractivity contribution in [1.82, 2.24) is 5.32 Å². The van der Waals surface area contributed by atoms with Gasteiger partial charge in [0.2, 0.25) is 0 Å². The van der Waals surface area contributed by atoms with Gasteiger partial charge in [-0.1, -0.05) is 24.6 Å². The van der Waals surface area contributed by atoms with Gasteiger partial charge in [-0.2, -0.15) is 0 Å². The van der Waals surface area contributed by atoms with E-state index in [9.17, 15) is 4.39 Å². The molecule has 2 atom stereocenters. The van der Waals surface area contributed by atoms with E-state index in [1.807, 2.05) is 26.0 Å². The molecule has 1 aliphatic rings. The molecule has 1 saturated carbocycles. The highest BCUT2D eigenvalue weighted by molar-refractivity contribution is 5.28. The molecule has 1 aromatic carbocycles. The Morgan fingerprint density at radius 2 is 2.10 bits per heavy atom. The number of nitrogens with one attached hydrogen (secondary N) is 1. The third kappa shape index (κ3) is 3.80. The van der Waals surface area contributed by atoms with Crippen molar-refractivity contribution in [2.24, 2.45) is 5.92 Å². The van der Waals surface area contributed by atoms with Gasteiger partial charge < -0.3 is 10.1 Å². The molecule has 3 heteroatoms. The third-order valence-electron chi connectivity index (χ3n) is 3.88. The molecule has 0 radical (unpaired) electrons. The van der Waals surface area contributed by atoms with Crippen LogP contribution in [0.1, 0.15) is 50.3 Å². The van der Waals surface area contributed by atoms with Crippen LogP contribution in [-0.4, -0.2) is 19.3 Å². The number of aryl methyl sites for hydroxylation is 1. The van der Waals surface area contributed by atoms with Crippen molar-refractivity contribution in [3.05, 3.63) is 35.1 Å². The van der Waals surface area contributed by atoms with E-state index in [2.05, 4.69) is 12.2 Å². The highest BCUT2D eigenvalue weighted by atomic mass is 19.1. The molecule has 0 spiro atoms. The highest BCUT2D eigenvalue weighted by Gasteiger charge is 2.38. The smallest absolute Gasteiger partial charge is 0.128 e. The molecule has 2 unspecified atom stereocenters. The van der Waals surface area contributed by atoms with Crippen LogP contribution in [0.4, 0.5) is 4.39 Å². The molecule has 0 saturated heterocycles. The second-order valence-electron chi connectivity index (χ2n) is 5.71. The maximum atomic E-state index is 14.2. The van der Waals surface area contributed by atoms with Gasteiger partial charge in [0.1, 0.15) is 5.82 Å². The first-order valence-corrected chi connectivity index (χ1v) is 7.78. The Kier molecular flexibility index (Phi) is 5.55. The third-order valence-corrected chi connectivity index (χ3v) is 3.88. The number of hydrogen-bond acceptors (Lipinski definition) is 2. The van der Waals surface area contributed by atoms with Crippen molar-refractivity contribution in [1.29, 1.82) is 0 Å². The van der Waals surface area contributed by atoms with E-state index in [4.69, 9.17) is 4.74 Å². The Hall–Kier alpha value is -0.930. The summed E-state index contributed by atoms with van der Waals surface area (Å²) in [5.41, 5.74) is 1.85. The lowest BCUT2D eigenvalue weighted by Crippen LogP contribution is -2.36. The van der Waals surface area contributed by atoms with Crippen molar-refractivity contribution in [3.8, 4) is 0 Å². The fourth-order valence-electron chi connectivity index (χ4n) is 2.73. The standard InChI is InChI=1S/C17H26FNO/c1-4-10-19-16(17(20-5-2)13-7-8-13)14-11-12(3)6-9-15(14)18/h6,9,11,13,16-17,19H,4-5,7-8,10H2,1-3H3. The predicted molar refractivity (Wildman–Crippen MR) is 80.3 cm³/mol. The van der Waals surface area contributed by atoms with Crippen molar-refractivity contribution < 1.29 is 9.13 Å². The fraction of sp³-hybridized carbons (Fsp3) is 0.647. The van der Waals surface area contributed by atoms with Crippen molar-refractivity contribution >= 4 is 0 Å². The molecular weight excluding hydrogens is 253 g/mol. The quantitative estimate of drug-likeness (QED) is 0.777. The van der Waals surface area contributed by atoms with Gasteiger partial charge in [0.05, 0.1) is 12.1 Å². The molecule has 112 valence electrons. The lowest BCUT2D eigenvalue weighted by Gasteiger charge is -2.29. The van der Waals surface area contributed by atoms with Gasteiger partial charge in [0.25, 0.3) is 0 Å². The monoisotopic (exact) mass is 279 g/mol. The van der Waals surface area contributed by atoms with Gasteiger partial charge in [0.15, 0.2) is 0 Å². The van der Waals surface area contributed by atoms with Crippen molar-refractivity contribution in [2.75, 3.05) is 13.2 Å². The summed E-state index contributed by atoms with van der Waals surface area (Å²) >= 11 is 0. The van der Waals surface area contributed by atoms with E-state index in [-0.39, 0.29) is 18.0 Å². The van der Waals surface area contributed by atoms with Gasteiger partial charge >= 0.3 is 0 Å². The molecule has 0 amide bonds. The van der Waals surface area contributed by atoms with Gasteiger partial charge in [-0.05, 0) is 51.6 Å². The number of halogens is 1. The molecular formula is C17H26FNO. The van der Waals surface area contributed by atoms with E-state index in [0.717, 1.165) is 24.1 Å².